The molecule has 0 aliphatic rings. The van der Waals surface area contributed by atoms with Gasteiger partial charge in [0.05, 0.1) is 0 Å². The van der Waals surface area contributed by atoms with Crippen molar-refractivity contribution < 1.29 is 0 Å². The molecular formula is C23H26N2. The summed E-state index contributed by atoms with van der Waals surface area (Å²) in [6.45, 7) is 8.73. The van der Waals surface area contributed by atoms with Gasteiger partial charge in [0.15, 0.2) is 0 Å². The van der Waals surface area contributed by atoms with E-state index in [4.69, 9.17) is 0 Å². The van der Waals surface area contributed by atoms with Crippen LogP contribution in [0.15, 0.2) is 66.9 Å². The number of pyridine rings is 1. The molecule has 0 saturated heterocycles. The van der Waals surface area contributed by atoms with E-state index in [1.165, 1.54) is 22.5 Å². The molecule has 25 heavy (non-hydrogen) atoms. The van der Waals surface area contributed by atoms with E-state index in [2.05, 4.69) is 92.3 Å². The molecule has 0 atom stereocenters. The van der Waals surface area contributed by atoms with Crippen molar-refractivity contribution in [1.82, 2.24) is 4.98 Å². The van der Waals surface area contributed by atoms with Gasteiger partial charge in [-0.25, -0.2) is 0 Å². The monoisotopic (exact) mass is 330 g/mol. The lowest BCUT2D eigenvalue weighted by atomic mass is 9.87. The van der Waals surface area contributed by atoms with Crippen LogP contribution in [-0.4, -0.2) is 12.0 Å². The number of rotatable bonds is 3. The maximum Gasteiger partial charge on any atom is 0.0408 e. The molecule has 2 nitrogen and oxygen atoms in total. The van der Waals surface area contributed by atoms with Crippen LogP contribution in [0, 0.1) is 6.92 Å². The van der Waals surface area contributed by atoms with Crippen LogP contribution in [0.3, 0.4) is 0 Å². The van der Waals surface area contributed by atoms with Crippen molar-refractivity contribution in [2.24, 2.45) is 0 Å². The average Bonchev–Trinajstić information content (AvgIpc) is 2.61. The van der Waals surface area contributed by atoms with E-state index >= 15 is 0 Å². The van der Waals surface area contributed by atoms with Crippen molar-refractivity contribution in [2.45, 2.75) is 33.1 Å². The van der Waals surface area contributed by atoms with Crippen molar-refractivity contribution in [3.8, 4) is 11.1 Å². The number of aromatic nitrogens is 1. The Morgan fingerprint density at radius 1 is 0.720 bits per heavy atom. The standard InChI is InChI=1S/C23H26N2/c1-17-6-7-19(16-24-17)18-8-12-21(13-9-18)25(5)22-14-10-20(11-15-22)23(2,3)4/h6-16H,1-5H3. The summed E-state index contributed by atoms with van der Waals surface area (Å²) in [6.07, 6.45) is 1.93. The average molecular weight is 330 g/mol. The predicted molar refractivity (Wildman–Crippen MR) is 108 cm³/mol. The van der Waals surface area contributed by atoms with Gasteiger partial charge in [-0.15, -0.1) is 0 Å². The summed E-state index contributed by atoms with van der Waals surface area (Å²) >= 11 is 0. The lowest BCUT2D eigenvalue weighted by Gasteiger charge is -2.23. The number of aryl methyl sites for hydroxylation is 1. The predicted octanol–water partition coefficient (Wildman–Crippen LogP) is 6.12. The Balaban J connectivity index is 1.80. The summed E-state index contributed by atoms with van der Waals surface area (Å²) in [5, 5.41) is 0. The number of benzene rings is 2. The van der Waals surface area contributed by atoms with E-state index < -0.39 is 0 Å². The molecule has 0 spiro atoms. The molecule has 2 aromatic carbocycles. The second-order valence-electron chi connectivity index (χ2n) is 7.59. The zero-order chi connectivity index (χ0) is 18.0. The van der Waals surface area contributed by atoms with Crippen LogP contribution < -0.4 is 4.90 Å². The third kappa shape index (κ3) is 3.90. The lowest BCUT2D eigenvalue weighted by Crippen LogP contribution is -2.12. The summed E-state index contributed by atoms with van der Waals surface area (Å²) in [7, 11) is 2.11. The molecule has 0 radical (unpaired) electrons. The molecule has 0 saturated carbocycles. The molecule has 0 aliphatic heterocycles. The van der Waals surface area contributed by atoms with Gasteiger partial charge in [0.2, 0.25) is 0 Å². The fourth-order valence-corrected chi connectivity index (χ4v) is 2.85. The molecule has 0 aliphatic carbocycles. The van der Waals surface area contributed by atoms with Gasteiger partial charge in [0.25, 0.3) is 0 Å². The van der Waals surface area contributed by atoms with E-state index in [9.17, 15) is 0 Å². The summed E-state index contributed by atoms with van der Waals surface area (Å²) in [4.78, 5) is 6.59. The molecule has 0 bridgehead atoms. The Morgan fingerprint density at radius 2 is 1.24 bits per heavy atom. The molecule has 128 valence electrons. The van der Waals surface area contributed by atoms with E-state index in [0.29, 0.717) is 0 Å². The highest BCUT2D eigenvalue weighted by molar-refractivity contribution is 5.69. The molecule has 0 N–H and O–H groups in total. The van der Waals surface area contributed by atoms with Crippen molar-refractivity contribution in [2.75, 3.05) is 11.9 Å². The van der Waals surface area contributed by atoms with E-state index in [1.807, 2.05) is 19.2 Å². The Kier molecular flexibility index (Phi) is 4.63. The topological polar surface area (TPSA) is 16.1 Å². The summed E-state index contributed by atoms with van der Waals surface area (Å²) in [5.74, 6) is 0. The fourth-order valence-electron chi connectivity index (χ4n) is 2.85. The van der Waals surface area contributed by atoms with Gasteiger partial charge >= 0.3 is 0 Å². The molecule has 0 unspecified atom stereocenters. The second kappa shape index (κ2) is 6.72. The van der Waals surface area contributed by atoms with Gasteiger partial charge < -0.3 is 4.90 Å². The number of hydrogen-bond acceptors (Lipinski definition) is 2. The van der Waals surface area contributed by atoms with Gasteiger partial charge in [-0.1, -0.05) is 51.1 Å². The molecule has 1 heterocycles. The van der Waals surface area contributed by atoms with E-state index in [1.54, 1.807) is 0 Å². The maximum absolute atomic E-state index is 4.38. The maximum atomic E-state index is 4.38. The largest absolute Gasteiger partial charge is 0.345 e. The first-order valence-electron chi connectivity index (χ1n) is 8.72. The minimum absolute atomic E-state index is 0.181. The van der Waals surface area contributed by atoms with Gasteiger partial charge in [0, 0.05) is 35.9 Å². The quantitative estimate of drug-likeness (QED) is 0.575. The summed E-state index contributed by atoms with van der Waals surface area (Å²) in [6, 6.07) is 21.6. The van der Waals surface area contributed by atoms with Crippen LogP contribution in [0.5, 0.6) is 0 Å². The highest BCUT2D eigenvalue weighted by Crippen LogP contribution is 2.29. The Hall–Kier alpha value is -2.61. The van der Waals surface area contributed by atoms with Gasteiger partial charge in [-0.05, 0) is 53.8 Å². The molecule has 1 aromatic heterocycles. The summed E-state index contributed by atoms with van der Waals surface area (Å²) in [5.41, 5.74) is 7.28. The summed E-state index contributed by atoms with van der Waals surface area (Å²) < 4.78 is 0. The van der Waals surface area contributed by atoms with Crippen LogP contribution in [0.2, 0.25) is 0 Å². The van der Waals surface area contributed by atoms with Crippen LogP contribution in [0.25, 0.3) is 11.1 Å². The van der Waals surface area contributed by atoms with Gasteiger partial charge in [0.1, 0.15) is 0 Å². The van der Waals surface area contributed by atoms with Gasteiger partial charge in [-0.2, -0.15) is 0 Å². The normalized spacial score (nSPS) is 11.4. The van der Waals surface area contributed by atoms with Crippen molar-refractivity contribution in [1.29, 1.82) is 0 Å². The molecule has 0 amide bonds. The van der Waals surface area contributed by atoms with Crippen molar-refractivity contribution in [3.63, 3.8) is 0 Å². The van der Waals surface area contributed by atoms with Crippen molar-refractivity contribution in [3.05, 3.63) is 78.1 Å². The number of hydrogen-bond donors (Lipinski definition) is 0. The van der Waals surface area contributed by atoms with Crippen molar-refractivity contribution >= 4 is 11.4 Å². The van der Waals surface area contributed by atoms with Crippen LogP contribution in [0.4, 0.5) is 11.4 Å². The Bertz CT molecular complexity index is 823. The molecule has 2 heteroatoms. The molecule has 3 rings (SSSR count). The smallest absolute Gasteiger partial charge is 0.0408 e. The minimum Gasteiger partial charge on any atom is -0.345 e. The highest BCUT2D eigenvalue weighted by Gasteiger charge is 2.13. The zero-order valence-electron chi connectivity index (χ0n) is 15.7. The molecule has 3 aromatic rings. The van der Waals surface area contributed by atoms with Crippen LogP contribution in [-0.2, 0) is 5.41 Å². The minimum atomic E-state index is 0.181. The highest BCUT2D eigenvalue weighted by atomic mass is 15.1. The second-order valence-corrected chi connectivity index (χ2v) is 7.59. The number of anilines is 2. The Labute approximate surface area is 151 Å². The third-order valence-corrected chi connectivity index (χ3v) is 4.62. The third-order valence-electron chi connectivity index (χ3n) is 4.62. The fraction of sp³-hybridized carbons (Fsp3) is 0.261. The van der Waals surface area contributed by atoms with E-state index in [0.717, 1.165) is 11.3 Å². The van der Waals surface area contributed by atoms with E-state index in [-0.39, 0.29) is 5.41 Å². The van der Waals surface area contributed by atoms with Gasteiger partial charge in [-0.3, -0.25) is 4.98 Å². The number of nitrogens with zero attached hydrogens (tertiary/aromatic N) is 2. The lowest BCUT2D eigenvalue weighted by molar-refractivity contribution is 0.590. The Morgan fingerprint density at radius 3 is 1.72 bits per heavy atom. The zero-order valence-corrected chi connectivity index (χ0v) is 15.7. The molecule has 0 fully saturated rings. The first kappa shape index (κ1) is 17.2. The first-order valence-corrected chi connectivity index (χ1v) is 8.72. The molecular weight excluding hydrogens is 304 g/mol. The first-order chi connectivity index (χ1) is 11.8. The van der Waals surface area contributed by atoms with Crippen LogP contribution in [0.1, 0.15) is 32.0 Å². The van der Waals surface area contributed by atoms with Crippen LogP contribution >= 0.6 is 0 Å². The SMILES string of the molecule is Cc1ccc(-c2ccc(N(C)c3ccc(C(C)(C)C)cc3)cc2)cn1.